The average Bonchev–Trinajstić information content (AvgIpc) is 2.71. The zero-order valence-corrected chi connectivity index (χ0v) is 11.2. The van der Waals surface area contributed by atoms with Crippen LogP contribution in [0, 0.1) is 0 Å². The Morgan fingerprint density at radius 1 is 1.33 bits per heavy atom. The summed E-state index contributed by atoms with van der Waals surface area (Å²) in [6, 6.07) is 3.94. The Morgan fingerprint density at radius 2 is 2.06 bits per heavy atom. The van der Waals surface area contributed by atoms with Gasteiger partial charge in [-0.25, -0.2) is 4.98 Å². The second kappa shape index (κ2) is 4.41. The van der Waals surface area contributed by atoms with Gasteiger partial charge in [0.2, 0.25) is 0 Å². The highest BCUT2D eigenvalue weighted by atomic mass is 16.5. The molecule has 2 heterocycles. The van der Waals surface area contributed by atoms with E-state index in [2.05, 4.69) is 9.97 Å². The molecule has 0 aliphatic carbocycles. The van der Waals surface area contributed by atoms with Gasteiger partial charge >= 0.3 is 7.48 Å². The van der Waals surface area contributed by atoms with Crippen molar-refractivity contribution in [2.45, 2.75) is 38.9 Å². The Bertz CT molecular complexity index is 543. The van der Waals surface area contributed by atoms with Gasteiger partial charge in [0.15, 0.2) is 0 Å². The van der Waals surface area contributed by atoms with E-state index in [0.717, 1.165) is 16.5 Å². The predicted molar refractivity (Wildman–Crippen MR) is 72.9 cm³/mol. The molecule has 0 bridgehead atoms. The Hall–Kier alpha value is -1.33. The number of nitrogens with zero attached hydrogens (tertiary/aromatic N) is 1. The summed E-state index contributed by atoms with van der Waals surface area (Å²) < 4.78 is 5.68. The molecule has 1 radical (unpaired) electrons. The van der Waals surface area contributed by atoms with Gasteiger partial charge in [0.05, 0.1) is 11.2 Å². The Labute approximate surface area is 108 Å². The SMILES string of the molecule is CC(C)(O)C(C)(C)O[B]c1cnc2[nH]ccc2c1. The van der Waals surface area contributed by atoms with Crippen LogP contribution in [-0.2, 0) is 4.65 Å². The quantitative estimate of drug-likeness (QED) is 0.800. The number of aromatic amines is 1. The van der Waals surface area contributed by atoms with Crippen LogP contribution in [0.5, 0.6) is 0 Å². The van der Waals surface area contributed by atoms with E-state index in [4.69, 9.17) is 4.65 Å². The zero-order chi connectivity index (χ0) is 13.4. The van der Waals surface area contributed by atoms with Crippen LogP contribution in [0.15, 0.2) is 24.5 Å². The van der Waals surface area contributed by atoms with Crippen molar-refractivity contribution in [1.82, 2.24) is 9.97 Å². The largest absolute Gasteiger partial charge is 0.427 e. The Morgan fingerprint density at radius 3 is 2.72 bits per heavy atom. The highest BCUT2D eigenvalue weighted by molar-refractivity contribution is 6.47. The van der Waals surface area contributed by atoms with Gasteiger partial charge in [0.25, 0.3) is 0 Å². The lowest BCUT2D eigenvalue weighted by Gasteiger charge is -2.37. The fourth-order valence-corrected chi connectivity index (χ4v) is 1.38. The number of aromatic nitrogens is 2. The minimum Gasteiger partial charge on any atom is -0.427 e. The first-order chi connectivity index (χ1) is 8.29. The molecule has 2 aromatic rings. The first-order valence-electron chi connectivity index (χ1n) is 5.96. The number of hydrogen-bond acceptors (Lipinski definition) is 3. The van der Waals surface area contributed by atoms with Gasteiger partial charge in [-0.2, -0.15) is 0 Å². The Balaban J connectivity index is 2.10. The van der Waals surface area contributed by atoms with Crippen molar-refractivity contribution in [3.05, 3.63) is 24.5 Å². The minimum absolute atomic E-state index is 0.667. The average molecular weight is 245 g/mol. The van der Waals surface area contributed by atoms with E-state index >= 15 is 0 Å². The van der Waals surface area contributed by atoms with Crippen molar-refractivity contribution in [1.29, 1.82) is 0 Å². The molecule has 0 amide bonds. The normalized spacial score (nSPS) is 12.9. The molecule has 0 saturated heterocycles. The number of fused-ring (bicyclic) bond motifs is 1. The molecule has 0 saturated carbocycles. The highest BCUT2D eigenvalue weighted by Gasteiger charge is 2.35. The summed E-state index contributed by atoms with van der Waals surface area (Å²) in [5.74, 6) is 0. The van der Waals surface area contributed by atoms with Crippen molar-refractivity contribution >= 4 is 24.0 Å². The fraction of sp³-hybridized carbons (Fsp3) is 0.462. The molecule has 0 aliphatic rings. The monoisotopic (exact) mass is 245 g/mol. The van der Waals surface area contributed by atoms with E-state index in [1.807, 2.05) is 32.2 Å². The molecule has 0 aliphatic heterocycles. The summed E-state index contributed by atoms with van der Waals surface area (Å²) in [4.78, 5) is 7.31. The van der Waals surface area contributed by atoms with E-state index in [9.17, 15) is 5.11 Å². The molecular formula is C13H18BN2O2. The van der Waals surface area contributed by atoms with E-state index in [0.29, 0.717) is 0 Å². The van der Waals surface area contributed by atoms with Crippen LogP contribution < -0.4 is 5.46 Å². The van der Waals surface area contributed by atoms with Gasteiger partial charge in [-0.15, -0.1) is 0 Å². The zero-order valence-electron chi connectivity index (χ0n) is 11.2. The number of nitrogens with one attached hydrogen (secondary N) is 1. The van der Waals surface area contributed by atoms with Crippen molar-refractivity contribution in [2.24, 2.45) is 0 Å². The van der Waals surface area contributed by atoms with E-state index in [1.165, 1.54) is 0 Å². The maximum Gasteiger partial charge on any atom is 0.332 e. The lowest BCUT2D eigenvalue weighted by molar-refractivity contribution is -0.0893. The van der Waals surface area contributed by atoms with Crippen LogP contribution in [-0.4, -0.2) is 33.8 Å². The lowest BCUT2D eigenvalue weighted by Crippen LogP contribution is -2.49. The third kappa shape index (κ3) is 2.57. The molecule has 4 nitrogen and oxygen atoms in total. The van der Waals surface area contributed by atoms with Crippen LogP contribution in [0.3, 0.4) is 0 Å². The topological polar surface area (TPSA) is 58.1 Å². The maximum absolute atomic E-state index is 10.00. The van der Waals surface area contributed by atoms with Gasteiger partial charge in [-0.3, -0.25) is 0 Å². The molecule has 0 aromatic carbocycles. The second-order valence-corrected chi connectivity index (χ2v) is 5.49. The molecule has 0 atom stereocenters. The van der Waals surface area contributed by atoms with Crippen molar-refractivity contribution in [2.75, 3.05) is 0 Å². The van der Waals surface area contributed by atoms with Crippen LogP contribution >= 0.6 is 0 Å². The molecule has 2 N–H and O–H groups in total. The van der Waals surface area contributed by atoms with Crippen LogP contribution in [0.2, 0.25) is 0 Å². The van der Waals surface area contributed by atoms with Crippen LogP contribution in [0.25, 0.3) is 11.0 Å². The van der Waals surface area contributed by atoms with E-state index < -0.39 is 11.2 Å². The molecular weight excluding hydrogens is 227 g/mol. The molecule has 0 fully saturated rings. The number of pyridine rings is 1. The summed E-state index contributed by atoms with van der Waals surface area (Å²) in [5, 5.41) is 11.0. The van der Waals surface area contributed by atoms with E-state index in [-0.39, 0.29) is 0 Å². The minimum atomic E-state index is -0.922. The number of hydrogen-bond donors (Lipinski definition) is 2. The predicted octanol–water partition coefficient (Wildman–Crippen LogP) is 1.37. The number of aliphatic hydroxyl groups is 1. The van der Waals surface area contributed by atoms with Gasteiger partial charge < -0.3 is 14.7 Å². The van der Waals surface area contributed by atoms with Gasteiger partial charge in [0, 0.05) is 17.8 Å². The smallest absolute Gasteiger partial charge is 0.332 e. The summed E-state index contributed by atoms with van der Waals surface area (Å²) in [7, 11) is 1.64. The molecule has 95 valence electrons. The Kier molecular flexibility index (Phi) is 3.21. The summed E-state index contributed by atoms with van der Waals surface area (Å²) >= 11 is 0. The molecule has 18 heavy (non-hydrogen) atoms. The van der Waals surface area contributed by atoms with Crippen molar-refractivity contribution in [3.63, 3.8) is 0 Å². The molecule has 2 rings (SSSR count). The lowest BCUT2D eigenvalue weighted by atomic mass is 9.83. The molecule has 0 unspecified atom stereocenters. The number of rotatable bonds is 4. The van der Waals surface area contributed by atoms with Crippen molar-refractivity contribution in [3.8, 4) is 0 Å². The maximum atomic E-state index is 10.00. The number of H-pyrrole nitrogens is 1. The van der Waals surface area contributed by atoms with E-state index in [1.54, 1.807) is 27.5 Å². The van der Waals surface area contributed by atoms with Gasteiger partial charge in [0.1, 0.15) is 5.65 Å². The van der Waals surface area contributed by atoms with Gasteiger partial charge in [-0.05, 0) is 39.2 Å². The van der Waals surface area contributed by atoms with Crippen LogP contribution in [0.4, 0.5) is 0 Å². The molecule has 0 spiro atoms. The standard InChI is InChI=1S/C13H18BN2O2/c1-12(2,17)13(3,4)18-14-10-7-9-5-6-15-11(9)16-8-10/h5-8,17H,1-4H3,(H,15,16). The molecule has 5 heteroatoms. The first-order valence-corrected chi connectivity index (χ1v) is 5.96. The van der Waals surface area contributed by atoms with Crippen molar-refractivity contribution < 1.29 is 9.76 Å². The first kappa shape index (κ1) is 13.1. The summed E-state index contributed by atoms with van der Waals surface area (Å²) in [6.07, 6.45) is 3.59. The third-order valence-corrected chi connectivity index (χ3v) is 3.38. The second-order valence-electron chi connectivity index (χ2n) is 5.49. The third-order valence-electron chi connectivity index (χ3n) is 3.38. The van der Waals surface area contributed by atoms with Gasteiger partial charge in [-0.1, -0.05) is 6.07 Å². The summed E-state index contributed by atoms with van der Waals surface area (Å²) in [5.41, 5.74) is 0.142. The highest BCUT2D eigenvalue weighted by Crippen LogP contribution is 2.24. The summed E-state index contributed by atoms with van der Waals surface area (Å²) in [6.45, 7) is 7.17. The molecule has 2 aromatic heterocycles. The van der Waals surface area contributed by atoms with Crippen LogP contribution in [0.1, 0.15) is 27.7 Å². The fourth-order valence-electron chi connectivity index (χ4n) is 1.38.